The van der Waals surface area contributed by atoms with Gasteiger partial charge in [0.1, 0.15) is 25.0 Å². The first-order chi connectivity index (χ1) is 18.1. The molecule has 1 aromatic rings. The molecule has 1 rings (SSSR count). The molecule has 0 fully saturated rings. The number of aliphatic hydroxyl groups excluding tert-OH is 1. The van der Waals surface area contributed by atoms with Crippen molar-refractivity contribution in [2.75, 3.05) is 46.7 Å². The van der Waals surface area contributed by atoms with Crippen LogP contribution in [-0.2, 0) is 23.8 Å². The van der Waals surface area contributed by atoms with Gasteiger partial charge in [-0.3, -0.25) is 9.59 Å². The standard InChI is InChI=1S/C27H45N3O8/c1-19(2)17-22(24(31)26(33)28-11-12-37-21-9-7-6-8-10-21)29-25(32)23(18-20(3)4)30-27(34)38-16-15-36-14-13-35-5/h6-10,19-20,22-24,31H,11-18H2,1-5H3,(H,28,33)(H,29,32)(H,30,34)/t22-,23-,24?/m0/s1. The molecular weight excluding hydrogens is 494 g/mol. The van der Waals surface area contributed by atoms with E-state index in [2.05, 4.69) is 16.0 Å². The second kappa shape index (κ2) is 19.2. The molecule has 0 heterocycles. The van der Waals surface area contributed by atoms with Gasteiger partial charge in [0.05, 0.1) is 32.4 Å². The maximum Gasteiger partial charge on any atom is 0.407 e. The molecule has 0 saturated heterocycles. The van der Waals surface area contributed by atoms with Crippen LogP contribution >= 0.6 is 0 Å². The molecule has 38 heavy (non-hydrogen) atoms. The van der Waals surface area contributed by atoms with Crippen molar-refractivity contribution in [3.63, 3.8) is 0 Å². The van der Waals surface area contributed by atoms with Crippen molar-refractivity contribution in [1.82, 2.24) is 16.0 Å². The monoisotopic (exact) mass is 539 g/mol. The Morgan fingerprint density at radius 1 is 0.842 bits per heavy atom. The molecule has 216 valence electrons. The molecule has 0 aliphatic rings. The Morgan fingerprint density at radius 2 is 1.50 bits per heavy atom. The number of carbonyl (C=O) groups is 3. The summed E-state index contributed by atoms with van der Waals surface area (Å²) in [6.45, 7) is 9.14. The number of carbonyl (C=O) groups excluding carboxylic acids is 3. The fourth-order valence-corrected chi connectivity index (χ4v) is 3.53. The summed E-state index contributed by atoms with van der Waals surface area (Å²) in [4.78, 5) is 38.0. The molecule has 0 spiro atoms. The number of benzene rings is 1. The van der Waals surface area contributed by atoms with Crippen molar-refractivity contribution >= 4 is 17.9 Å². The summed E-state index contributed by atoms with van der Waals surface area (Å²) in [7, 11) is 1.56. The molecule has 1 unspecified atom stereocenters. The summed E-state index contributed by atoms with van der Waals surface area (Å²) in [5.74, 6) is -0.271. The minimum atomic E-state index is -1.48. The molecule has 0 aliphatic heterocycles. The van der Waals surface area contributed by atoms with Crippen LogP contribution < -0.4 is 20.7 Å². The average molecular weight is 540 g/mol. The number of para-hydroxylation sites is 1. The van der Waals surface area contributed by atoms with E-state index in [9.17, 15) is 19.5 Å². The third kappa shape index (κ3) is 14.7. The van der Waals surface area contributed by atoms with E-state index in [0.717, 1.165) is 0 Å². The van der Waals surface area contributed by atoms with Crippen LogP contribution in [0.4, 0.5) is 4.79 Å². The van der Waals surface area contributed by atoms with E-state index < -0.39 is 36.1 Å². The molecule has 0 radical (unpaired) electrons. The third-order valence-electron chi connectivity index (χ3n) is 5.32. The zero-order valence-corrected chi connectivity index (χ0v) is 23.2. The first-order valence-electron chi connectivity index (χ1n) is 13.1. The molecule has 4 N–H and O–H groups in total. The maximum absolute atomic E-state index is 13.1. The van der Waals surface area contributed by atoms with E-state index in [1.807, 2.05) is 45.9 Å². The van der Waals surface area contributed by atoms with Crippen LogP contribution in [0, 0.1) is 11.8 Å². The van der Waals surface area contributed by atoms with Gasteiger partial charge in [-0.15, -0.1) is 0 Å². The van der Waals surface area contributed by atoms with Crippen LogP contribution in [0.15, 0.2) is 30.3 Å². The van der Waals surface area contributed by atoms with E-state index in [0.29, 0.717) is 31.8 Å². The van der Waals surface area contributed by atoms with Crippen molar-refractivity contribution in [3.05, 3.63) is 30.3 Å². The van der Waals surface area contributed by atoms with Crippen molar-refractivity contribution in [1.29, 1.82) is 0 Å². The number of nitrogens with one attached hydrogen (secondary N) is 3. The summed E-state index contributed by atoms with van der Waals surface area (Å²) < 4.78 is 20.8. The number of ether oxygens (including phenoxy) is 4. The van der Waals surface area contributed by atoms with Crippen molar-refractivity contribution in [3.8, 4) is 5.75 Å². The minimum absolute atomic E-state index is 0.0222. The maximum atomic E-state index is 13.1. The molecular formula is C27H45N3O8. The SMILES string of the molecule is COCCOCCOC(=O)N[C@@H](CC(C)C)C(=O)N[C@@H](CC(C)C)C(O)C(=O)NCCOc1ccccc1. The molecule has 11 heteroatoms. The number of aliphatic hydroxyl groups is 1. The first kappa shape index (κ1) is 33.1. The van der Waals surface area contributed by atoms with Gasteiger partial charge in [-0.25, -0.2) is 4.79 Å². The van der Waals surface area contributed by atoms with E-state index in [1.165, 1.54) is 0 Å². The molecule has 0 aromatic heterocycles. The molecule has 3 atom stereocenters. The molecule has 0 aliphatic carbocycles. The summed E-state index contributed by atoms with van der Waals surface area (Å²) in [5.41, 5.74) is 0. The molecule has 1 aromatic carbocycles. The Balaban J connectivity index is 2.65. The Morgan fingerprint density at radius 3 is 2.13 bits per heavy atom. The van der Waals surface area contributed by atoms with Crippen molar-refractivity contribution in [2.24, 2.45) is 11.8 Å². The van der Waals surface area contributed by atoms with E-state index in [4.69, 9.17) is 18.9 Å². The zero-order valence-electron chi connectivity index (χ0n) is 23.2. The second-order valence-corrected chi connectivity index (χ2v) is 9.71. The van der Waals surface area contributed by atoms with Gasteiger partial charge in [-0.05, 0) is 36.8 Å². The number of rotatable bonds is 19. The highest BCUT2D eigenvalue weighted by Gasteiger charge is 2.31. The molecule has 11 nitrogen and oxygen atoms in total. The topological polar surface area (TPSA) is 144 Å². The average Bonchev–Trinajstić information content (AvgIpc) is 2.87. The predicted molar refractivity (Wildman–Crippen MR) is 143 cm³/mol. The largest absolute Gasteiger partial charge is 0.492 e. The zero-order chi connectivity index (χ0) is 28.3. The number of hydrogen-bond donors (Lipinski definition) is 4. The van der Waals surface area contributed by atoms with Crippen LogP contribution in [-0.4, -0.2) is 87.9 Å². The fourth-order valence-electron chi connectivity index (χ4n) is 3.53. The van der Waals surface area contributed by atoms with E-state index in [-0.39, 0.29) is 38.2 Å². The van der Waals surface area contributed by atoms with Crippen LogP contribution in [0.1, 0.15) is 40.5 Å². The van der Waals surface area contributed by atoms with Gasteiger partial charge >= 0.3 is 6.09 Å². The van der Waals surface area contributed by atoms with Gasteiger partial charge in [-0.1, -0.05) is 45.9 Å². The summed E-state index contributed by atoms with van der Waals surface area (Å²) >= 11 is 0. The lowest BCUT2D eigenvalue weighted by Gasteiger charge is -2.28. The normalized spacial score (nSPS) is 13.5. The van der Waals surface area contributed by atoms with Crippen molar-refractivity contribution in [2.45, 2.75) is 58.7 Å². The Hall–Kier alpha value is -2.89. The second-order valence-electron chi connectivity index (χ2n) is 9.71. The van der Waals surface area contributed by atoms with Gasteiger partial charge in [0.15, 0.2) is 6.10 Å². The number of alkyl carbamates (subject to hydrolysis) is 1. The van der Waals surface area contributed by atoms with Crippen LogP contribution in [0.2, 0.25) is 0 Å². The Labute approximate surface area is 225 Å². The number of methoxy groups -OCH3 is 1. The summed E-state index contributed by atoms with van der Waals surface area (Å²) in [6, 6.07) is 7.42. The van der Waals surface area contributed by atoms with Gasteiger partial charge in [-0.2, -0.15) is 0 Å². The third-order valence-corrected chi connectivity index (χ3v) is 5.32. The molecule has 0 saturated carbocycles. The summed E-state index contributed by atoms with van der Waals surface area (Å²) in [6.07, 6.45) is -1.52. The van der Waals surface area contributed by atoms with Gasteiger partial charge in [0.2, 0.25) is 5.91 Å². The first-order valence-corrected chi connectivity index (χ1v) is 13.1. The van der Waals surface area contributed by atoms with E-state index >= 15 is 0 Å². The number of amides is 3. The highest BCUT2D eigenvalue weighted by molar-refractivity contribution is 5.87. The molecule has 0 bridgehead atoms. The van der Waals surface area contributed by atoms with Crippen molar-refractivity contribution < 1.29 is 38.4 Å². The minimum Gasteiger partial charge on any atom is -0.492 e. The lowest BCUT2D eigenvalue weighted by Crippen LogP contribution is -2.56. The van der Waals surface area contributed by atoms with Crippen LogP contribution in [0.25, 0.3) is 0 Å². The Kier molecular flexibility index (Phi) is 16.8. The lowest BCUT2D eigenvalue weighted by molar-refractivity contribution is -0.133. The number of hydrogen-bond acceptors (Lipinski definition) is 8. The fraction of sp³-hybridized carbons (Fsp3) is 0.667. The van der Waals surface area contributed by atoms with Crippen LogP contribution in [0.3, 0.4) is 0 Å². The Bertz CT molecular complexity index is 807. The smallest absolute Gasteiger partial charge is 0.407 e. The lowest BCUT2D eigenvalue weighted by atomic mass is 9.97. The van der Waals surface area contributed by atoms with E-state index in [1.54, 1.807) is 19.2 Å². The van der Waals surface area contributed by atoms with Gasteiger partial charge in [0.25, 0.3) is 5.91 Å². The predicted octanol–water partition coefficient (Wildman–Crippen LogP) is 1.88. The molecule has 3 amide bonds. The summed E-state index contributed by atoms with van der Waals surface area (Å²) in [5, 5.41) is 18.7. The highest BCUT2D eigenvalue weighted by Crippen LogP contribution is 2.12. The quantitative estimate of drug-likeness (QED) is 0.195. The van der Waals surface area contributed by atoms with Crippen LogP contribution in [0.5, 0.6) is 5.75 Å². The van der Waals surface area contributed by atoms with Gasteiger partial charge < -0.3 is 40.0 Å². The van der Waals surface area contributed by atoms with Gasteiger partial charge in [0, 0.05) is 7.11 Å². The highest BCUT2D eigenvalue weighted by atomic mass is 16.6.